The molecule has 0 bridgehead atoms. The van der Waals surface area contributed by atoms with Crippen molar-refractivity contribution < 1.29 is 28.5 Å². The predicted molar refractivity (Wildman–Crippen MR) is 206 cm³/mol. The normalized spacial score (nSPS) is 13.1. The van der Waals surface area contributed by atoms with Crippen LogP contribution in [0.15, 0.2) is 138 Å². The summed E-state index contributed by atoms with van der Waals surface area (Å²) in [6.45, 7) is 7.58. The summed E-state index contributed by atoms with van der Waals surface area (Å²) in [5, 5.41) is 10.1. The Labute approximate surface area is 306 Å². The summed E-state index contributed by atoms with van der Waals surface area (Å²) in [4.78, 5) is 13.1. The van der Waals surface area contributed by atoms with Gasteiger partial charge in [-0.1, -0.05) is 103 Å². The van der Waals surface area contributed by atoms with Gasteiger partial charge in [0.1, 0.15) is 23.7 Å². The number of aliphatic carboxylic acids is 1. The summed E-state index contributed by atoms with van der Waals surface area (Å²) >= 11 is 0. The third kappa shape index (κ3) is 10.4. The molecule has 2 heterocycles. The molecule has 0 aliphatic carbocycles. The van der Waals surface area contributed by atoms with Crippen molar-refractivity contribution in [2.45, 2.75) is 39.5 Å². The van der Waals surface area contributed by atoms with Crippen LogP contribution in [0.4, 0.5) is 0 Å². The van der Waals surface area contributed by atoms with E-state index in [0.29, 0.717) is 32.9 Å². The fourth-order valence-electron chi connectivity index (χ4n) is 6.28. The number of benzene rings is 5. The van der Waals surface area contributed by atoms with Gasteiger partial charge in [-0.3, -0.25) is 9.69 Å². The van der Waals surface area contributed by atoms with Crippen LogP contribution in [-0.2, 0) is 33.7 Å². The number of hydrogen-bond donors (Lipinski definition) is 1. The van der Waals surface area contributed by atoms with Crippen molar-refractivity contribution >= 4 is 16.9 Å². The van der Waals surface area contributed by atoms with E-state index in [2.05, 4.69) is 108 Å². The van der Waals surface area contributed by atoms with E-state index in [9.17, 15) is 4.79 Å². The fraction of sp³-hybridized carbons (Fsp3) is 0.267. The van der Waals surface area contributed by atoms with E-state index in [1.54, 1.807) is 0 Å². The number of rotatable bonds is 15. The highest BCUT2D eigenvalue weighted by Gasteiger charge is 2.32. The number of nitrogens with zero attached hydrogens (tertiary/aromatic N) is 1. The molecule has 0 atom stereocenters. The van der Waals surface area contributed by atoms with E-state index in [0.717, 1.165) is 47.4 Å². The Morgan fingerprint density at radius 1 is 0.712 bits per heavy atom. The smallest absolute Gasteiger partial charge is 0.309 e. The van der Waals surface area contributed by atoms with Crippen LogP contribution >= 0.6 is 0 Å². The second kappa shape index (κ2) is 18.3. The summed E-state index contributed by atoms with van der Waals surface area (Å²) in [5.74, 6) is 0.787. The molecule has 0 amide bonds. The lowest BCUT2D eigenvalue weighted by molar-refractivity contribution is -0.152. The average molecular weight is 698 g/mol. The number of fused-ring (bicyclic) bond motifs is 1. The maximum atomic E-state index is 10.9. The van der Waals surface area contributed by atoms with E-state index in [4.69, 9.17) is 23.7 Å². The molecule has 7 rings (SSSR count). The minimum atomic E-state index is -0.696. The van der Waals surface area contributed by atoms with Gasteiger partial charge in [-0.25, -0.2) is 0 Å². The molecule has 1 saturated heterocycles. The van der Waals surface area contributed by atoms with E-state index in [1.165, 1.54) is 27.8 Å². The van der Waals surface area contributed by atoms with Crippen LogP contribution in [0.3, 0.4) is 0 Å². The first-order chi connectivity index (χ1) is 25.4. The molecule has 1 fully saturated rings. The molecule has 0 unspecified atom stereocenters. The molecule has 1 aromatic heterocycles. The molecule has 0 radical (unpaired) electrons. The van der Waals surface area contributed by atoms with E-state index < -0.39 is 5.97 Å². The van der Waals surface area contributed by atoms with Crippen molar-refractivity contribution in [2.75, 3.05) is 32.9 Å². The van der Waals surface area contributed by atoms with Gasteiger partial charge in [0.2, 0.25) is 0 Å². The maximum absolute atomic E-state index is 10.9. The van der Waals surface area contributed by atoms with Gasteiger partial charge in [0.05, 0.1) is 5.92 Å². The molecule has 5 aromatic carbocycles. The Kier molecular flexibility index (Phi) is 12.9. The van der Waals surface area contributed by atoms with Crippen LogP contribution < -0.4 is 4.74 Å². The highest BCUT2D eigenvalue weighted by Crippen LogP contribution is 2.30. The molecule has 7 heteroatoms. The van der Waals surface area contributed by atoms with Gasteiger partial charge in [0, 0.05) is 43.8 Å². The second-order valence-corrected chi connectivity index (χ2v) is 13.0. The van der Waals surface area contributed by atoms with E-state index in [-0.39, 0.29) is 12.2 Å². The Morgan fingerprint density at radius 2 is 1.27 bits per heavy atom. The number of ether oxygens (including phenoxy) is 3. The highest BCUT2D eigenvalue weighted by molar-refractivity contribution is 5.83. The number of likely N-dealkylation sites (tertiary alicyclic amines) is 1. The Bertz CT molecular complexity index is 1960. The lowest BCUT2D eigenvalue weighted by atomic mass is 9.99. The topological polar surface area (TPSA) is 81.4 Å². The van der Waals surface area contributed by atoms with Gasteiger partial charge in [-0.15, -0.1) is 0 Å². The third-order valence-corrected chi connectivity index (χ3v) is 9.05. The minimum Gasteiger partial charge on any atom is -0.488 e. The highest BCUT2D eigenvalue weighted by atomic mass is 16.7. The first kappa shape index (κ1) is 36.6. The quantitative estimate of drug-likeness (QED) is 0.107. The third-order valence-electron chi connectivity index (χ3n) is 9.05. The molecule has 1 aliphatic rings. The average Bonchev–Trinajstić information content (AvgIpc) is 3.58. The largest absolute Gasteiger partial charge is 0.488 e. The lowest BCUT2D eigenvalue weighted by Gasteiger charge is -2.36. The number of carbonyl (C=O) groups is 1. The maximum Gasteiger partial charge on any atom is 0.309 e. The van der Waals surface area contributed by atoms with Gasteiger partial charge < -0.3 is 23.7 Å². The molecule has 1 N–H and O–H groups in total. The molecular formula is C45H47NO6. The van der Waals surface area contributed by atoms with Crippen molar-refractivity contribution in [2.24, 2.45) is 5.92 Å². The van der Waals surface area contributed by atoms with Crippen molar-refractivity contribution in [3.63, 3.8) is 0 Å². The molecule has 52 heavy (non-hydrogen) atoms. The molecule has 268 valence electrons. The van der Waals surface area contributed by atoms with Gasteiger partial charge in [0.25, 0.3) is 0 Å². The zero-order valence-electron chi connectivity index (χ0n) is 29.9. The summed E-state index contributed by atoms with van der Waals surface area (Å²) in [6, 6.07) is 45.9. The molecule has 7 nitrogen and oxygen atoms in total. The SMILES string of the molecule is CCOC(COc1ccc(Cc2ccccc2)cc1)OCC.O=C(O)C1CN(Cc2ccc(-c3cc4cc(Cc5ccccc5)ccc4o3)cc2)C1. The van der Waals surface area contributed by atoms with E-state index >= 15 is 0 Å². The lowest BCUT2D eigenvalue weighted by Crippen LogP contribution is -2.49. The number of hydrogen-bond acceptors (Lipinski definition) is 6. The first-order valence-corrected chi connectivity index (χ1v) is 18.1. The Hall–Kier alpha value is -5.21. The first-order valence-electron chi connectivity index (χ1n) is 18.1. The van der Waals surface area contributed by atoms with Gasteiger partial charge >= 0.3 is 5.97 Å². The van der Waals surface area contributed by atoms with Gasteiger partial charge in [0.15, 0.2) is 6.29 Å². The van der Waals surface area contributed by atoms with Crippen LogP contribution in [0.2, 0.25) is 0 Å². The van der Waals surface area contributed by atoms with Crippen molar-refractivity contribution in [3.8, 4) is 17.1 Å². The van der Waals surface area contributed by atoms with Crippen LogP contribution in [0.25, 0.3) is 22.3 Å². The number of carboxylic acid groups (broad SMARTS) is 1. The summed E-state index contributed by atoms with van der Waals surface area (Å²) in [6.07, 6.45) is 1.53. The van der Waals surface area contributed by atoms with Crippen LogP contribution in [0.1, 0.15) is 41.7 Å². The molecule has 0 saturated carbocycles. The zero-order valence-corrected chi connectivity index (χ0v) is 29.9. The van der Waals surface area contributed by atoms with E-state index in [1.807, 2.05) is 44.2 Å². The van der Waals surface area contributed by atoms with Crippen LogP contribution in [0.5, 0.6) is 5.75 Å². The zero-order chi connectivity index (χ0) is 36.1. The molecular weight excluding hydrogens is 650 g/mol. The van der Waals surface area contributed by atoms with Crippen LogP contribution in [-0.4, -0.2) is 55.2 Å². The van der Waals surface area contributed by atoms with Gasteiger partial charge in [-0.2, -0.15) is 0 Å². The standard InChI is InChI=1S/C26H23NO3.C19H24O3/c28-26(29)23-16-27(17-23)15-19-6-9-21(10-7-19)25-14-22-13-20(8-11-24(22)30-25)12-18-4-2-1-3-5-18;1-3-20-19(21-4-2)15-22-18-12-10-17(11-13-18)14-16-8-6-5-7-9-16/h1-11,13-14,23H,12,15-17H2,(H,28,29);5-13,19H,3-4,14-15H2,1-2H3. The Balaban J connectivity index is 0.000000188. The number of carboxylic acids is 1. The minimum absolute atomic E-state index is 0.216. The van der Waals surface area contributed by atoms with Crippen molar-refractivity contribution in [1.29, 1.82) is 0 Å². The molecule has 1 aliphatic heterocycles. The van der Waals surface area contributed by atoms with Crippen LogP contribution in [0, 0.1) is 5.92 Å². The summed E-state index contributed by atoms with van der Waals surface area (Å²) < 4.78 is 22.7. The molecule has 0 spiro atoms. The van der Waals surface area contributed by atoms with Crippen molar-refractivity contribution in [1.82, 2.24) is 4.90 Å². The predicted octanol–water partition coefficient (Wildman–Crippen LogP) is 9.26. The van der Waals surface area contributed by atoms with Crippen molar-refractivity contribution in [3.05, 3.63) is 161 Å². The molecule has 6 aromatic rings. The Morgan fingerprint density at radius 3 is 1.87 bits per heavy atom. The second-order valence-electron chi connectivity index (χ2n) is 13.0. The summed E-state index contributed by atoms with van der Waals surface area (Å²) in [5.41, 5.74) is 8.27. The number of furan rings is 1. The van der Waals surface area contributed by atoms with Gasteiger partial charge in [-0.05, 0) is 84.8 Å². The summed E-state index contributed by atoms with van der Waals surface area (Å²) in [7, 11) is 0. The fourth-order valence-corrected chi connectivity index (χ4v) is 6.28. The monoisotopic (exact) mass is 697 g/mol.